The van der Waals surface area contributed by atoms with Crippen LogP contribution in [0.15, 0.2) is 6.07 Å². The van der Waals surface area contributed by atoms with Crippen LogP contribution in [0.3, 0.4) is 0 Å². The smallest absolute Gasteiger partial charge is 0.203 e. The van der Waals surface area contributed by atoms with Gasteiger partial charge in [-0.25, -0.2) is 0 Å². The number of methoxy groups -OCH3 is 3. The van der Waals surface area contributed by atoms with Gasteiger partial charge in [-0.3, -0.25) is 0 Å². The Morgan fingerprint density at radius 2 is 1.56 bits per heavy atom. The molecule has 1 aromatic rings. The lowest BCUT2D eigenvalue weighted by Gasteiger charge is -2.18. The summed E-state index contributed by atoms with van der Waals surface area (Å²) < 4.78 is 16.2. The van der Waals surface area contributed by atoms with E-state index < -0.39 is 0 Å². The molecule has 0 radical (unpaired) electrons. The molecule has 0 heterocycles. The Kier molecular flexibility index (Phi) is 5.78. The molecule has 1 aromatic carbocycles. The molecule has 2 N–H and O–H groups in total. The van der Waals surface area contributed by atoms with Crippen LogP contribution < -0.4 is 19.9 Å². The van der Waals surface area contributed by atoms with Crippen LogP contribution in [0.25, 0.3) is 0 Å². The van der Waals surface area contributed by atoms with Gasteiger partial charge in [0, 0.05) is 0 Å². The molecule has 0 aliphatic rings. The zero-order chi connectivity index (χ0) is 13.5. The molecule has 0 saturated carbocycles. The van der Waals surface area contributed by atoms with Gasteiger partial charge in [-0.1, -0.05) is 0 Å². The molecule has 18 heavy (non-hydrogen) atoms. The summed E-state index contributed by atoms with van der Waals surface area (Å²) in [5, 5.41) is 0. The van der Waals surface area contributed by atoms with Gasteiger partial charge < -0.3 is 19.9 Å². The van der Waals surface area contributed by atoms with E-state index in [1.54, 1.807) is 21.3 Å². The number of rotatable bonds is 7. The average Bonchev–Trinajstić information content (AvgIpc) is 2.38. The molecular formula is C14H23NO3. The topological polar surface area (TPSA) is 53.7 Å². The van der Waals surface area contributed by atoms with Crippen LogP contribution in [0.1, 0.15) is 24.0 Å². The van der Waals surface area contributed by atoms with Crippen molar-refractivity contribution in [1.29, 1.82) is 0 Å². The lowest BCUT2D eigenvalue weighted by molar-refractivity contribution is 0.320. The second-order valence-corrected chi connectivity index (χ2v) is 4.20. The highest BCUT2D eigenvalue weighted by Gasteiger charge is 2.18. The summed E-state index contributed by atoms with van der Waals surface area (Å²) in [5.41, 5.74) is 7.71. The normalized spacial score (nSPS) is 10.3. The lowest BCUT2D eigenvalue weighted by Crippen LogP contribution is -2.03. The zero-order valence-electron chi connectivity index (χ0n) is 11.7. The fourth-order valence-electron chi connectivity index (χ4n) is 2.13. The van der Waals surface area contributed by atoms with Crippen molar-refractivity contribution >= 4 is 0 Å². The van der Waals surface area contributed by atoms with Gasteiger partial charge in [-0.2, -0.15) is 0 Å². The fraction of sp³-hybridized carbons (Fsp3) is 0.571. The number of unbranched alkanes of at least 4 members (excludes halogenated alkanes) is 1. The number of hydrogen-bond donors (Lipinski definition) is 1. The van der Waals surface area contributed by atoms with E-state index in [2.05, 4.69) is 6.07 Å². The van der Waals surface area contributed by atoms with E-state index in [4.69, 9.17) is 19.9 Å². The molecule has 0 bridgehead atoms. The van der Waals surface area contributed by atoms with Crippen molar-refractivity contribution < 1.29 is 14.2 Å². The van der Waals surface area contributed by atoms with Crippen LogP contribution in [0, 0.1) is 6.92 Å². The SMILES string of the molecule is COc1c(C)cc(CCCCN)c(OC)c1OC. The molecular weight excluding hydrogens is 230 g/mol. The fourth-order valence-corrected chi connectivity index (χ4v) is 2.13. The van der Waals surface area contributed by atoms with Crippen molar-refractivity contribution in [1.82, 2.24) is 0 Å². The van der Waals surface area contributed by atoms with Crippen LogP contribution in [0.5, 0.6) is 17.2 Å². The third kappa shape index (κ3) is 3.07. The molecule has 1 rings (SSSR count). The first kappa shape index (κ1) is 14.6. The summed E-state index contributed by atoms with van der Waals surface area (Å²) in [4.78, 5) is 0. The Bertz CT molecular complexity index is 391. The Morgan fingerprint density at radius 1 is 0.944 bits per heavy atom. The molecule has 0 fully saturated rings. The van der Waals surface area contributed by atoms with E-state index in [9.17, 15) is 0 Å². The van der Waals surface area contributed by atoms with Gasteiger partial charge in [0.2, 0.25) is 5.75 Å². The molecule has 4 heteroatoms. The van der Waals surface area contributed by atoms with E-state index in [0.29, 0.717) is 12.3 Å². The minimum absolute atomic E-state index is 0.669. The Labute approximate surface area is 109 Å². The standard InChI is InChI=1S/C14H23NO3/c1-10-9-11(7-5-6-8-15)13(17-3)14(18-4)12(10)16-2/h9H,5-8,15H2,1-4H3. The Balaban J connectivity index is 3.13. The molecule has 0 amide bonds. The lowest BCUT2D eigenvalue weighted by atomic mass is 10.0. The van der Waals surface area contributed by atoms with Crippen LogP contribution in [0.4, 0.5) is 0 Å². The summed E-state index contributed by atoms with van der Waals surface area (Å²) >= 11 is 0. The minimum atomic E-state index is 0.669. The maximum absolute atomic E-state index is 5.52. The number of ether oxygens (including phenoxy) is 3. The quantitative estimate of drug-likeness (QED) is 0.758. The first-order chi connectivity index (χ1) is 8.69. The van der Waals surface area contributed by atoms with E-state index in [1.807, 2.05) is 6.92 Å². The molecule has 102 valence electrons. The summed E-state index contributed by atoms with van der Waals surface area (Å²) in [6.07, 6.45) is 2.99. The van der Waals surface area contributed by atoms with Crippen LogP contribution in [0.2, 0.25) is 0 Å². The highest BCUT2D eigenvalue weighted by Crippen LogP contribution is 2.42. The molecule has 0 aromatic heterocycles. The van der Waals surface area contributed by atoms with Gasteiger partial charge in [0.05, 0.1) is 21.3 Å². The highest BCUT2D eigenvalue weighted by atomic mass is 16.5. The van der Waals surface area contributed by atoms with Crippen LogP contribution in [-0.4, -0.2) is 27.9 Å². The summed E-state index contributed by atoms with van der Waals surface area (Å²) in [6, 6.07) is 2.09. The third-order valence-corrected chi connectivity index (χ3v) is 2.97. The monoisotopic (exact) mass is 253 g/mol. The van der Waals surface area contributed by atoms with Crippen LogP contribution in [-0.2, 0) is 6.42 Å². The highest BCUT2D eigenvalue weighted by molar-refractivity contribution is 5.59. The number of nitrogens with two attached hydrogens (primary N) is 1. The van der Waals surface area contributed by atoms with Crippen molar-refractivity contribution in [2.45, 2.75) is 26.2 Å². The largest absolute Gasteiger partial charge is 0.492 e. The molecule has 0 unspecified atom stereocenters. The van der Waals surface area contributed by atoms with Crippen molar-refractivity contribution in [2.24, 2.45) is 5.73 Å². The molecule has 0 aliphatic carbocycles. The second kappa shape index (κ2) is 7.11. The number of aryl methyl sites for hydroxylation is 2. The molecule has 0 saturated heterocycles. The maximum atomic E-state index is 5.52. The Morgan fingerprint density at radius 3 is 2.06 bits per heavy atom. The van der Waals surface area contributed by atoms with E-state index in [0.717, 1.165) is 41.9 Å². The van der Waals surface area contributed by atoms with Gasteiger partial charge >= 0.3 is 0 Å². The first-order valence-corrected chi connectivity index (χ1v) is 6.18. The summed E-state index contributed by atoms with van der Waals surface area (Å²) in [6.45, 7) is 2.72. The minimum Gasteiger partial charge on any atom is -0.492 e. The van der Waals surface area contributed by atoms with E-state index in [-0.39, 0.29) is 0 Å². The third-order valence-electron chi connectivity index (χ3n) is 2.97. The van der Waals surface area contributed by atoms with Gasteiger partial charge in [-0.05, 0) is 49.9 Å². The average molecular weight is 253 g/mol. The summed E-state index contributed by atoms with van der Waals surface area (Å²) in [7, 11) is 4.92. The van der Waals surface area contributed by atoms with Crippen molar-refractivity contribution in [3.05, 3.63) is 17.2 Å². The zero-order valence-corrected chi connectivity index (χ0v) is 11.7. The molecule has 0 aliphatic heterocycles. The first-order valence-electron chi connectivity index (χ1n) is 6.18. The van der Waals surface area contributed by atoms with Crippen molar-refractivity contribution in [3.63, 3.8) is 0 Å². The molecule has 0 spiro atoms. The van der Waals surface area contributed by atoms with Crippen molar-refractivity contribution in [2.75, 3.05) is 27.9 Å². The second-order valence-electron chi connectivity index (χ2n) is 4.20. The van der Waals surface area contributed by atoms with E-state index >= 15 is 0 Å². The predicted molar refractivity (Wildman–Crippen MR) is 72.8 cm³/mol. The number of hydrogen-bond acceptors (Lipinski definition) is 4. The Hall–Kier alpha value is -1.42. The van der Waals surface area contributed by atoms with Gasteiger partial charge in [-0.15, -0.1) is 0 Å². The number of benzene rings is 1. The van der Waals surface area contributed by atoms with Crippen LogP contribution >= 0.6 is 0 Å². The van der Waals surface area contributed by atoms with Gasteiger partial charge in [0.25, 0.3) is 0 Å². The maximum Gasteiger partial charge on any atom is 0.203 e. The molecule has 0 atom stereocenters. The van der Waals surface area contributed by atoms with Gasteiger partial charge in [0.15, 0.2) is 11.5 Å². The molecule has 4 nitrogen and oxygen atoms in total. The van der Waals surface area contributed by atoms with E-state index in [1.165, 1.54) is 0 Å². The van der Waals surface area contributed by atoms with Crippen molar-refractivity contribution in [3.8, 4) is 17.2 Å². The summed E-state index contributed by atoms with van der Waals surface area (Å²) in [5.74, 6) is 2.16. The predicted octanol–water partition coefficient (Wildman–Crippen LogP) is 2.30. The van der Waals surface area contributed by atoms with Gasteiger partial charge in [0.1, 0.15) is 0 Å².